The molecule has 0 atom stereocenters. The predicted molar refractivity (Wildman–Crippen MR) is 89.8 cm³/mol. The summed E-state index contributed by atoms with van der Waals surface area (Å²) in [5, 5.41) is 0.531. The van der Waals surface area contributed by atoms with Crippen LogP contribution < -0.4 is 0 Å². The van der Waals surface area contributed by atoms with Crippen LogP contribution in [0.2, 0.25) is 19.6 Å². The lowest BCUT2D eigenvalue weighted by molar-refractivity contribution is -0.117. The minimum atomic E-state index is -1.53. The van der Waals surface area contributed by atoms with Crippen LogP contribution in [-0.2, 0) is 9.59 Å². The number of ketones is 1. The fourth-order valence-corrected chi connectivity index (χ4v) is 3.20. The molecule has 0 aromatic heterocycles. The van der Waals surface area contributed by atoms with Crippen LogP contribution in [0.1, 0.15) is 77.6 Å². The molecule has 0 aromatic carbocycles. The quantitative estimate of drug-likeness (QED) is 0.341. The number of hydrogen-bond acceptors (Lipinski definition) is 2. The molecular formula is C17H34O2Si. The van der Waals surface area contributed by atoms with Crippen LogP contribution >= 0.6 is 0 Å². The maximum atomic E-state index is 11.8. The van der Waals surface area contributed by atoms with Gasteiger partial charge in [-0.25, -0.2) is 0 Å². The van der Waals surface area contributed by atoms with Crippen LogP contribution in [0.5, 0.6) is 0 Å². The maximum Gasteiger partial charge on any atom is 0.129 e. The van der Waals surface area contributed by atoms with Gasteiger partial charge in [-0.05, 0) is 19.8 Å². The number of carbonyl (C=O) groups excluding carboxylic acids is 2. The summed E-state index contributed by atoms with van der Waals surface area (Å²) in [6.45, 7) is 8.09. The van der Waals surface area contributed by atoms with Crippen molar-refractivity contribution in [3.63, 3.8) is 0 Å². The van der Waals surface area contributed by atoms with Crippen molar-refractivity contribution in [3.8, 4) is 0 Å². The molecule has 0 saturated carbocycles. The highest BCUT2D eigenvalue weighted by atomic mass is 28.3. The number of Topliss-reactive ketones (excluding diaryl/α,β-unsaturated/α-hetero) is 1. The van der Waals surface area contributed by atoms with Crippen LogP contribution in [-0.4, -0.2) is 19.3 Å². The van der Waals surface area contributed by atoms with E-state index in [9.17, 15) is 9.59 Å². The third-order valence-corrected chi connectivity index (χ3v) is 5.69. The third-order valence-electron chi connectivity index (χ3n) is 3.77. The predicted octanol–water partition coefficient (Wildman–Crippen LogP) is 5.31. The summed E-state index contributed by atoms with van der Waals surface area (Å²) >= 11 is 0. The fourth-order valence-electron chi connectivity index (χ4n) is 2.27. The van der Waals surface area contributed by atoms with E-state index in [0.29, 0.717) is 11.2 Å². The van der Waals surface area contributed by atoms with Crippen LogP contribution in [0.15, 0.2) is 0 Å². The molecular weight excluding hydrogens is 264 g/mol. The second-order valence-electron chi connectivity index (χ2n) is 7.06. The first-order valence-corrected chi connectivity index (χ1v) is 11.9. The molecule has 0 bridgehead atoms. The van der Waals surface area contributed by atoms with E-state index >= 15 is 0 Å². The summed E-state index contributed by atoms with van der Waals surface area (Å²) < 4.78 is 0. The van der Waals surface area contributed by atoms with Crippen molar-refractivity contribution in [3.05, 3.63) is 0 Å². The summed E-state index contributed by atoms with van der Waals surface area (Å²) in [5.41, 5.74) is 0. The Labute approximate surface area is 126 Å². The van der Waals surface area contributed by atoms with Gasteiger partial charge in [0.2, 0.25) is 0 Å². The molecule has 0 N–H and O–H groups in total. The molecule has 0 spiro atoms. The van der Waals surface area contributed by atoms with Crippen molar-refractivity contribution in [2.24, 2.45) is 0 Å². The van der Waals surface area contributed by atoms with E-state index in [1.807, 2.05) is 0 Å². The average Bonchev–Trinajstić information content (AvgIpc) is 2.34. The van der Waals surface area contributed by atoms with Crippen LogP contribution in [0.3, 0.4) is 0 Å². The monoisotopic (exact) mass is 298 g/mol. The molecule has 2 nitrogen and oxygen atoms in total. The molecule has 0 heterocycles. The Bertz CT molecular complexity index is 279. The number of carbonyl (C=O) groups is 2. The van der Waals surface area contributed by atoms with Gasteiger partial charge in [-0.2, -0.15) is 0 Å². The van der Waals surface area contributed by atoms with E-state index in [2.05, 4.69) is 19.6 Å². The molecule has 0 saturated heterocycles. The molecule has 0 radical (unpaired) electrons. The zero-order valence-corrected chi connectivity index (χ0v) is 15.1. The molecule has 0 aromatic rings. The topological polar surface area (TPSA) is 34.1 Å². The summed E-state index contributed by atoms with van der Waals surface area (Å²) in [7, 11) is -1.53. The first-order chi connectivity index (χ1) is 9.34. The summed E-state index contributed by atoms with van der Waals surface area (Å²) in [6, 6.07) is 0. The van der Waals surface area contributed by atoms with Crippen molar-refractivity contribution in [1.82, 2.24) is 0 Å². The standard InChI is InChI=1S/C17H34O2Si/c1-16(18)14-12-10-8-6-5-7-9-11-13-15-17(19)20(2,3)4/h5-15H2,1-4H3. The minimum absolute atomic E-state index is 0.317. The second kappa shape index (κ2) is 11.2. The molecule has 0 rings (SSSR count). The van der Waals surface area contributed by atoms with Crippen molar-refractivity contribution in [2.45, 2.75) is 97.2 Å². The van der Waals surface area contributed by atoms with Crippen molar-refractivity contribution in [1.29, 1.82) is 0 Å². The van der Waals surface area contributed by atoms with Gasteiger partial charge in [0.1, 0.15) is 19.3 Å². The third kappa shape index (κ3) is 12.6. The first kappa shape index (κ1) is 19.6. The van der Waals surface area contributed by atoms with E-state index in [0.717, 1.165) is 25.7 Å². The summed E-state index contributed by atoms with van der Waals surface area (Å²) in [4.78, 5) is 22.6. The van der Waals surface area contributed by atoms with E-state index in [1.165, 1.54) is 44.9 Å². The lowest BCUT2D eigenvalue weighted by Gasteiger charge is -2.13. The molecule has 0 aliphatic carbocycles. The SMILES string of the molecule is CC(=O)CCCCCCCCCCCC(=O)[Si](C)(C)C. The fraction of sp³-hybridized carbons (Fsp3) is 0.882. The van der Waals surface area contributed by atoms with Gasteiger partial charge in [0.25, 0.3) is 0 Å². The Morgan fingerprint density at radius 1 is 0.650 bits per heavy atom. The van der Waals surface area contributed by atoms with Crippen molar-refractivity contribution < 1.29 is 9.59 Å². The van der Waals surface area contributed by atoms with Gasteiger partial charge in [-0.15, -0.1) is 0 Å². The molecule has 0 aliphatic rings. The highest BCUT2D eigenvalue weighted by Gasteiger charge is 2.22. The molecule has 0 amide bonds. The highest BCUT2D eigenvalue weighted by Crippen LogP contribution is 2.13. The Kier molecular flexibility index (Phi) is 11.0. The van der Waals surface area contributed by atoms with Gasteiger partial charge in [-0.3, -0.25) is 0 Å². The lowest BCUT2D eigenvalue weighted by atomic mass is 10.1. The van der Waals surface area contributed by atoms with Crippen molar-refractivity contribution in [2.75, 3.05) is 0 Å². The first-order valence-electron chi connectivity index (χ1n) is 8.37. The van der Waals surface area contributed by atoms with E-state index in [4.69, 9.17) is 0 Å². The second-order valence-corrected chi connectivity index (χ2v) is 12.1. The highest BCUT2D eigenvalue weighted by molar-refractivity contribution is 7.03. The Morgan fingerprint density at radius 2 is 1.00 bits per heavy atom. The molecule has 3 heteroatoms. The van der Waals surface area contributed by atoms with Gasteiger partial charge in [0, 0.05) is 12.8 Å². The molecule has 0 unspecified atom stereocenters. The number of unbranched alkanes of at least 4 members (excludes halogenated alkanes) is 8. The maximum absolute atomic E-state index is 11.8. The van der Waals surface area contributed by atoms with Gasteiger partial charge in [-0.1, -0.05) is 64.6 Å². The lowest BCUT2D eigenvalue weighted by Crippen LogP contribution is -2.32. The van der Waals surface area contributed by atoms with E-state index in [1.54, 1.807) is 6.92 Å². The van der Waals surface area contributed by atoms with Crippen molar-refractivity contribution >= 4 is 19.3 Å². The normalized spacial score (nSPS) is 11.6. The molecule has 20 heavy (non-hydrogen) atoms. The number of hydrogen-bond donors (Lipinski definition) is 0. The molecule has 118 valence electrons. The Balaban J connectivity index is 3.21. The zero-order valence-electron chi connectivity index (χ0n) is 14.1. The van der Waals surface area contributed by atoms with Gasteiger partial charge < -0.3 is 9.59 Å². The Morgan fingerprint density at radius 3 is 1.35 bits per heavy atom. The van der Waals surface area contributed by atoms with Crippen LogP contribution in [0.25, 0.3) is 0 Å². The smallest absolute Gasteiger partial charge is 0.129 e. The van der Waals surface area contributed by atoms with Crippen LogP contribution in [0.4, 0.5) is 0 Å². The average molecular weight is 299 g/mol. The van der Waals surface area contributed by atoms with E-state index in [-0.39, 0.29) is 0 Å². The summed E-state index contributed by atoms with van der Waals surface area (Å²) in [5.74, 6) is 0.317. The Hall–Kier alpha value is -0.443. The minimum Gasteiger partial charge on any atom is -0.305 e. The van der Waals surface area contributed by atoms with Crippen LogP contribution in [0, 0.1) is 0 Å². The molecule has 0 fully saturated rings. The molecule has 0 aliphatic heterocycles. The zero-order chi connectivity index (χ0) is 15.4. The van der Waals surface area contributed by atoms with E-state index < -0.39 is 8.07 Å². The summed E-state index contributed by atoms with van der Waals surface area (Å²) in [6.07, 6.45) is 12.6. The van der Waals surface area contributed by atoms with Gasteiger partial charge in [0.05, 0.1) is 0 Å². The largest absolute Gasteiger partial charge is 0.305 e. The van der Waals surface area contributed by atoms with Gasteiger partial charge in [0.15, 0.2) is 0 Å². The van der Waals surface area contributed by atoms with Gasteiger partial charge >= 0.3 is 0 Å². The number of rotatable bonds is 13.